The van der Waals surface area contributed by atoms with Gasteiger partial charge in [0.25, 0.3) is 11.8 Å². The summed E-state index contributed by atoms with van der Waals surface area (Å²) >= 11 is 5.91. The third-order valence-electron chi connectivity index (χ3n) is 4.49. The van der Waals surface area contributed by atoms with Gasteiger partial charge in [-0.05, 0) is 30.3 Å². The molecule has 4 rings (SSSR count). The largest absolute Gasteiger partial charge is 0.273 e. The molecule has 1 heterocycles. The minimum atomic E-state index is -0.671. The SMILES string of the molecule is O=C(NNC(=O)c1cn(-c2ccccc2)nc1-c1ccccc1)c1ccc(F)cc1Cl. The van der Waals surface area contributed by atoms with Gasteiger partial charge in [0.05, 0.1) is 21.8 Å². The van der Waals surface area contributed by atoms with Crippen LogP contribution in [-0.2, 0) is 0 Å². The number of nitrogens with zero attached hydrogens (tertiary/aromatic N) is 2. The molecular weight excluding hydrogens is 419 g/mol. The van der Waals surface area contributed by atoms with Gasteiger partial charge in [-0.15, -0.1) is 0 Å². The summed E-state index contributed by atoms with van der Waals surface area (Å²) in [7, 11) is 0. The first-order valence-corrected chi connectivity index (χ1v) is 9.67. The highest BCUT2D eigenvalue weighted by Gasteiger charge is 2.20. The number of hydrogen-bond acceptors (Lipinski definition) is 3. The Bertz CT molecular complexity index is 1240. The van der Waals surface area contributed by atoms with Gasteiger partial charge in [-0.25, -0.2) is 9.07 Å². The molecule has 154 valence electrons. The van der Waals surface area contributed by atoms with Crippen molar-refractivity contribution in [3.8, 4) is 16.9 Å². The van der Waals surface area contributed by atoms with Gasteiger partial charge in [-0.1, -0.05) is 60.1 Å². The van der Waals surface area contributed by atoms with Crippen LogP contribution >= 0.6 is 11.6 Å². The molecule has 0 unspecified atom stereocenters. The average molecular weight is 435 g/mol. The van der Waals surface area contributed by atoms with Crippen molar-refractivity contribution in [2.45, 2.75) is 0 Å². The monoisotopic (exact) mass is 434 g/mol. The van der Waals surface area contributed by atoms with Gasteiger partial charge in [-0.2, -0.15) is 5.10 Å². The number of carbonyl (C=O) groups excluding carboxylic acids is 2. The number of para-hydroxylation sites is 1. The Kier molecular flexibility index (Phi) is 5.77. The number of rotatable bonds is 4. The number of halogens is 2. The fourth-order valence-corrected chi connectivity index (χ4v) is 3.24. The van der Waals surface area contributed by atoms with Gasteiger partial charge >= 0.3 is 0 Å². The van der Waals surface area contributed by atoms with E-state index in [4.69, 9.17) is 11.6 Å². The number of benzene rings is 3. The number of carbonyl (C=O) groups is 2. The first-order valence-electron chi connectivity index (χ1n) is 9.29. The maximum atomic E-state index is 13.2. The molecule has 0 saturated heterocycles. The van der Waals surface area contributed by atoms with Gasteiger partial charge in [0, 0.05) is 11.8 Å². The lowest BCUT2D eigenvalue weighted by Crippen LogP contribution is -2.41. The van der Waals surface area contributed by atoms with Crippen molar-refractivity contribution < 1.29 is 14.0 Å². The van der Waals surface area contributed by atoms with Crippen molar-refractivity contribution in [1.29, 1.82) is 0 Å². The third kappa shape index (κ3) is 4.46. The van der Waals surface area contributed by atoms with Crippen LogP contribution in [0.25, 0.3) is 16.9 Å². The fraction of sp³-hybridized carbons (Fsp3) is 0. The average Bonchev–Trinajstić information content (AvgIpc) is 3.24. The maximum Gasteiger partial charge on any atom is 0.273 e. The van der Waals surface area contributed by atoms with E-state index < -0.39 is 17.6 Å². The molecule has 0 fully saturated rings. The molecule has 0 aliphatic carbocycles. The van der Waals surface area contributed by atoms with E-state index in [1.54, 1.807) is 10.9 Å². The highest BCUT2D eigenvalue weighted by atomic mass is 35.5. The summed E-state index contributed by atoms with van der Waals surface area (Å²) in [4.78, 5) is 25.2. The summed E-state index contributed by atoms with van der Waals surface area (Å²) in [5.41, 5.74) is 6.95. The lowest BCUT2D eigenvalue weighted by Gasteiger charge is -2.08. The van der Waals surface area contributed by atoms with E-state index in [0.717, 1.165) is 23.4 Å². The molecule has 6 nitrogen and oxygen atoms in total. The first kappa shape index (κ1) is 20.3. The Balaban J connectivity index is 1.61. The molecule has 8 heteroatoms. The second-order valence-electron chi connectivity index (χ2n) is 6.57. The Hall–Kier alpha value is -3.97. The number of nitrogens with one attached hydrogen (secondary N) is 2. The smallest absolute Gasteiger partial charge is 0.267 e. The number of aromatic nitrogens is 2. The van der Waals surface area contributed by atoms with E-state index >= 15 is 0 Å². The lowest BCUT2D eigenvalue weighted by atomic mass is 10.1. The van der Waals surface area contributed by atoms with Gasteiger partial charge in [0.1, 0.15) is 11.5 Å². The molecule has 3 aromatic carbocycles. The number of hydrazine groups is 1. The summed E-state index contributed by atoms with van der Waals surface area (Å²) < 4.78 is 14.8. The normalized spacial score (nSPS) is 10.5. The van der Waals surface area contributed by atoms with Gasteiger partial charge in [0.15, 0.2) is 0 Å². The fourth-order valence-electron chi connectivity index (χ4n) is 2.98. The standard InChI is InChI=1S/C23H16ClFN4O2/c24-20-13-16(25)11-12-18(20)22(30)26-27-23(31)19-14-29(17-9-5-2-6-10-17)28-21(19)15-7-3-1-4-8-15/h1-14H,(H,26,30)(H,27,31). The topological polar surface area (TPSA) is 76.0 Å². The van der Waals surface area contributed by atoms with Crippen molar-refractivity contribution in [1.82, 2.24) is 20.6 Å². The van der Waals surface area contributed by atoms with Crippen LogP contribution in [0.3, 0.4) is 0 Å². The van der Waals surface area contributed by atoms with Crippen molar-refractivity contribution >= 4 is 23.4 Å². The Morgan fingerprint density at radius 3 is 2.10 bits per heavy atom. The molecule has 0 bridgehead atoms. The molecule has 31 heavy (non-hydrogen) atoms. The predicted octanol–water partition coefficient (Wildman–Crippen LogP) is 4.41. The van der Waals surface area contributed by atoms with E-state index in [1.165, 1.54) is 6.07 Å². The zero-order valence-electron chi connectivity index (χ0n) is 16.0. The quantitative estimate of drug-likeness (QED) is 0.467. The van der Waals surface area contributed by atoms with Crippen molar-refractivity contribution in [2.24, 2.45) is 0 Å². The second kappa shape index (κ2) is 8.81. The van der Waals surface area contributed by atoms with Gasteiger partial charge < -0.3 is 0 Å². The highest BCUT2D eigenvalue weighted by molar-refractivity contribution is 6.33. The van der Waals surface area contributed by atoms with E-state index in [-0.39, 0.29) is 16.1 Å². The summed E-state index contributed by atoms with van der Waals surface area (Å²) in [5.74, 6) is -1.80. The van der Waals surface area contributed by atoms with Crippen molar-refractivity contribution in [2.75, 3.05) is 0 Å². The van der Waals surface area contributed by atoms with Crippen molar-refractivity contribution in [3.63, 3.8) is 0 Å². The molecule has 0 aliphatic heterocycles. The van der Waals surface area contributed by atoms with Crippen LogP contribution in [0.5, 0.6) is 0 Å². The zero-order chi connectivity index (χ0) is 21.8. The molecule has 0 saturated carbocycles. The van der Waals surface area contributed by atoms with E-state index in [0.29, 0.717) is 5.69 Å². The molecule has 0 atom stereocenters. The summed E-state index contributed by atoms with van der Waals surface area (Å²) in [5, 5.41) is 4.50. The number of amides is 2. The summed E-state index contributed by atoms with van der Waals surface area (Å²) in [6.07, 6.45) is 1.59. The molecule has 0 spiro atoms. The molecule has 1 aromatic heterocycles. The maximum absolute atomic E-state index is 13.2. The molecule has 0 radical (unpaired) electrons. The predicted molar refractivity (Wildman–Crippen MR) is 115 cm³/mol. The second-order valence-corrected chi connectivity index (χ2v) is 6.98. The van der Waals surface area contributed by atoms with Crippen LogP contribution in [0.15, 0.2) is 85.1 Å². The van der Waals surface area contributed by atoms with Crippen molar-refractivity contribution in [3.05, 3.63) is 107 Å². The third-order valence-corrected chi connectivity index (χ3v) is 4.80. The number of hydrogen-bond donors (Lipinski definition) is 2. The molecule has 0 aliphatic rings. The van der Waals surface area contributed by atoms with Gasteiger partial charge in [-0.3, -0.25) is 20.4 Å². The van der Waals surface area contributed by atoms with E-state index in [2.05, 4.69) is 16.0 Å². The van der Waals surface area contributed by atoms with E-state index in [9.17, 15) is 14.0 Å². The summed E-state index contributed by atoms with van der Waals surface area (Å²) in [6.45, 7) is 0. The zero-order valence-corrected chi connectivity index (χ0v) is 16.8. The highest BCUT2D eigenvalue weighted by Crippen LogP contribution is 2.23. The molecular formula is C23H16ClFN4O2. The first-order chi connectivity index (χ1) is 15.0. The lowest BCUT2D eigenvalue weighted by molar-refractivity contribution is 0.0847. The minimum absolute atomic E-state index is 0.0339. The molecule has 2 amide bonds. The van der Waals surface area contributed by atoms with Crippen LogP contribution < -0.4 is 10.9 Å². The van der Waals surface area contributed by atoms with Gasteiger partial charge in [0.2, 0.25) is 0 Å². The van der Waals surface area contributed by atoms with Crippen LogP contribution in [0.4, 0.5) is 4.39 Å². The Labute approximate surface area is 182 Å². The molecule has 2 N–H and O–H groups in total. The van der Waals surface area contributed by atoms with Crippen LogP contribution in [-0.4, -0.2) is 21.6 Å². The minimum Gasteiger partial charge on any atom is -0.267 e. The Morgan fingerprint density at radius 2 is 1.45 bits per heavy atom. The van der Waals surface area contributed by atoms with Crippen LogP contribution in [0.1, 0.15) is 20.7 Å². The Morgan fingerprint density at radius 1 is 0.839 bits per heavy atom. The van der Waals surface area contributed by atoms with Crippen LogP contribution in [0, 0.1) is 5.82 Å². The van der Waals surface area contributed by atoms with E-state index in [1.807, 2.05) is 60.7 Å². The summed E-state index contributed by atoms with van der Waals surface area (Å²) in [6, 6.07) is 21.9. The molecule has 4 aromatic rings. The van der Waals surface area contributed by atoms with Crippen LogP contribution in [0.2, 0.25) is 5.02 Å².